The van der Waals surface area contributed by atoms with E-state index in [1.165, 1.54) is 5.56 Å². The Labute approximate surface area is 178 Å². The number of hydrogen-bond acceptors (Lipinski definition) is 5. The van der Waals surface area contributed by atoms with E-state index in [1.54, 1.807) is 20.3 Å². The highest BCUT2D eigenvalue weighted by Gasteiger charge is 2.25. The largest absolute Gasteiger partial charge is 0.493 e. The molecule has 3 rings (SSSR count). The summed E-state index contributed by atoms with van der Waals surface area (Å²) in [4.78, 5) is 17.2. The van der Waals surface area contributed by atoms with Gasteiger partial charge in [-0.2, -0.15) is 5.26 Å². The molecule has 2 aromatic carbocycles. The number of piperazine rings is 1. The van der Waals surface area contributed by atoms with Crippen LogP contribution in [-0.2, 0) is 6.54 Å². The highest BCUT2D eigenvalue weighted by molar-refractivity contribution is 14.1. The van der Waals surface area contributed by atoms with Crippen LogP contribution >= 0.6 is 22.6 Å². The number of amides is 1. The van der Waals surface area contributed by atoms with Crippen molar-refractivity contribution >= 4 is 28.5 Å². The Morgan fingerprint density at radius 3 is 2.25 bits per heavy atom. The summed E-state index contributed by atoms with van der Waals surface area (Å²) in [5.41, 5.74) is 2.48. The fraction of sp³-hybridized carbons (Fsp3) is 0.333. The molecule has 7 heteroatoms. The van der Waals surface area contributed by atoms with Crippen LogP contribution in [0.1, 0.15) is 21.5 Å². The van der Waals surface area contributed by atoms with Crippen molar-refractivity contribution in [3.63, 3.8) is 0 Å². The molecule has 1 heterocycles. The van der Waals surface area contributed by atoms with Gasteiger partial charge in [0.15, 0.2) is 11.5 Å². The van der Waals surface area contributed by atoms with Crippen molar-refractivity contribution in [2.45, 2.75) is 6.54 Å². The topological polar surface area (TPSA) is 65.8 Å². The van der Waals surface area contributed by atoms with Crippen molar-refractivity contribution in [2.24, 2.45) is 0 Å². The van der Waals surface area contributed by atoms with Crippen LogP contribution in [0.3, 0.4) is 0 Å². The van der Waals surface area contributed by atoms with E-state index in [4.69, 9.17) is 14.7 Å². The van der Waals surface area contributed by atoms with Crippen LogP contribution in [0.2, 0.25) is 0 Å². The minimum Gasteiger partial charge on any atom is -0.493 e. The number of benzene rings is 2. The smallest absolute Gasteiger partial charge is 0.255 e. The van der Waals surface area contributed by atoms with Crippen LogP contribution < -0.4 is 9.47 Å². The van der Waals surface area contributed by atoms with Crippen molar-refractivity contribution in [3.8, 4) is 17.6 Å². The fourth-order valence-corrected chi connectivity index (χ4v) is 3.91. The lowest BCUT2D eigenvalue weighted by Gasteiger charge is -2.35. The summed E-state index contributed by atoms with van der Waals surface area (Å²) >= 11 is 2.16. The predicted octanol–water partition coefficient (Wildman–Crippen LogP) is 3.14. The molecule has 0 N–H and O–H groups in total. The van der Waals surface area contributed by atoms with Crippen molar-refractivity contribution in [1.29, 1.82) is 5.26 Å². The zero-order chi connectivity index (χ0) is 20.1. The van der Waals surface area contributed by atoms with Gasteiger partial charge in [0.25, 0.3) is 5.91 Å². The molecule has 0 aliphatic carbocycles. The fourth-order valence-electron chi connectivity index (χ4n) is 3.24. The van der Waals surface area contributed by atoms with Gasteiger partial charge in [-0.1, -0.05) is 12.1 Å². The van der Waals surface area contributed by atoms with Crippen LogP contribution in [-0.4, -0.2) is 56.1 Å². The second kappa shape index (κ2) is 9.26. The molecule has 1 aliphatic heterocycles. The van der Waals surface area contributed by atoms with E-state index in [0.29, 0.717) is 35.7 Å². The quantitative estimate of drug-likeness (QED) is 0.602. The molecule has 1 saturated heterocycles. The third-order valence-corrected chi connectivity index (χ3v) is 5.74. The van der Waals surface area contributed by atoms with Crippen molar-refractivity contribution in [1.82, 2.24) is 9.80 Å². The molecule has 2 aromatic rings. The van der Waals surface area contributed by atoms with Crippen LogP contribution in [0.25, 0.3) is 0 Å². The molecular formula is C21H22IN3O3. The van der Waals surface area contributed by atoms with Crippen LogP contribution in [0.15, 0.2) is 36.4 Å². The third-order valence-electron chi connectivity index (χ3n) is 4.85. The zero-order valence-electron chi connectivity index (χ0n) is 15.9. The van der Waals surface area contributed by atoms with E-state index in [-0.39, 0.29) is 5.91 Å². The maximum atomic E-state index is 13.0. The minimum atomic E-state index is 0.0170. The second-order valence-corrected chi connectivity index (χ2v) is 7.73. The van der Waals surface area contributed by atoms with Gasteiger partial charge >= 0.3 is 0 Å². The maximum absolute atomic E-state index is 13.0. The van der Waals surface area contributed by atoms with Gasteiger partial charge in [0.05, 0.1) is 31.4 Å². The van der Waals surface area contributed by atoms with E-state index >= 15 is 0 Å². The molecule has 6 nitrogen and oxygen atoms in total. The van der Waals surface area contributed by atoms with Crippen LogP contribution in [0.4, 0.5) is 0 Å². The lowest BCUT2D eigenvalue weighted by Crippen LogP contribution is -2.48. The summed E-state index contributed by atoms with van der Waals surface area (Å²) in [6, 6.07) is 13.4. The van der Waals surface area contributed by atoms with Gasteiger partial charge in [0.2, 0.25) is 0 Å². The first-order valence-corrected chi connectivity index (χ1v) is 10.1. The van der Waals surface area contributed by atoms with E-state index in [9.17, 15) is 4.79 Å². The van der Waals surface area contributed by atoms with Gasteiger partial charge in [0.1, 0.15) is 0 Å². The van der Waals surface area contributed by atoms with Crippen LogP contribution in [0, 0.1) is 14.9 Å². The standard InChI is InChI=1S/C21H22IN3O3/c1-27-19-11-17(18(22)12-20(19)28-2)21(26)25-9-7-24(8-10-25)14-16-5-3-15(13-23)4-6-16/h3-6,11-12H,7-10,14H2,1-2H3. The second-order valence-electron chi connectivity index (χ2n) is 6.56. The molecule has 146 valence electrons. The Morgan fingerprint density at radius 2 is 1.68 bits per heavy atom. The average molecular weight is 491 g/mol. The van der Waals surface area contributed by atoms with Gasteiger partial charge in [-0.05, 0) is 52.4 Å². The molecule has 0 atom stereocenters. The molecule has 0 saturated carbocycles. The van der Waals surface area contributed by atoms with E-state index in [0.717, 1.165) is 23.2 Å². The molecule has 0 spiro atoms. The summed E-state index contributed by atoms with van der Waals surface area (Å²) in [5.74, 6) is 1.20. The first-order chi connectivity index (χ1) is 13.5. The first-order valence-electron chi connectivity index (χ1n) is 8.98. The van der Waals surface area contributed by atoms with Crippen molar-refractivity contribution in [3.05, 3.63) is 56.7 Å². The van der Waals surface area contributed by atoms with Gasteiger partial charge in [0, 0.05) is 36.3 Å². The minimum absolute atomic E-state index is 0.0170. The number of ether oxygens (including phenoxy) is 2. The van der Waals surface area contributed by atoms with E-state index in [2.05, 4.69) is 33.6 Å². The average Bonchev–Trinajstić information content (AvgIpc) is 2.74. The first kappa shape index (κ1) is 20.4. The summed E-state index contributed by atoms with van der Waals surface area (Å²) in [5, 5.41) is 8.89. The number of rotatable bonds is 5. The van der Waals surface area contributed by atoms with Crippen molar-refractivity contribution in [2.75, 3.05) is 40.4 Å². The van der Waals surface area contributed by atoms with E-state index in [1.807, 2.05) is 35.2 Å². The lowest BCUT2D eigenvalue weighted by atomic mass is 10.1. The Morgan fingerprint density at radius 1 is 1.07 bits per heavy atom. The maximum Gasteiger partial charge on any atom is 0.255 e. The highest BCUT2D eigenvalue weighted by atomic mass is 127. The summed E-state index contributed by atoms with van der Waals surface area (Å²) in [6.45, 7) is 3.81. The van der Waals surface area contributed by atoms with E-state index < -0.39 is 0 Å². The lowest BCUT2D eigenvalue weighted by molar-refractivity contribution is 0.0627. The SMILES string of the molecule is COc1cc(I)c(C(=O)N2CCN(Cc3ccc(C#N)cc3)CC2)cc1OC. The summed E-state index contributed by atoms with van der Waals surface area (Å²) < 4.78 is 11.5. The Kier molecular flexibility index (Phi) is 6.75. The van der Waals surface area contributed by atoms with Crippen molar-refractivity contribution < 1.29 is 14.3 Å². The number of methoxy groups -OCH3 is 2. The molecule has 0 radical (unpaired) electrons. The number of nitrogens with zero attached hydrogens (tertiary/aromatic N) is 3. The molecule has 0 aromatic heterocycles. The Hall–Kier alpha value is -2.31. The monoisotopic (exact) mass is 491 g/mol. The molecule has 0 bridgehead atoms. The van der Waals surface area contributed by atoms with Gasteiger partial charge in [-0.25, -0.2) is 0 Å². The number of nitriles is 1. The third kappa shape index (κ3) is 4.56. The summed E-state index contributed by atoms with van der Waals surface area (Å²) in [7, 11) is 3.16. The Balaban J connectivity index is 1.63. The predicted molar refractivity (Wildman–Crippen MR) is 115 cm³/mol. The number of hydrogen-bond donors (Lipinski definition) is 0. The molecule has 1 amide bonds. The molecule has 28 heavy (non-hydrogen) atoms. The Bertz CT molecular complexity index is 885. The molecular weight excluding hydrogens is 469 g/mol. The zero-order valence-corrected chi connectivity index (χ0v) is 18.1. The summed E-state index contributed by atoms with van der Waals surface area (Å²) in [6.07, 6.45) is 0. The highest BCUT2D eigenvalue weighted by Crippen LogP contribution is 2.32. The molecule has 1 aliphatic rings. The molecule has 0 unspecified atom stereocenters. The van der Waals surface area contributed by atoms with Gasteiger partial charge in [-0.3, -0.25) is 9.69 Å². The van der Waals surface area contributed by atoms with Gasteiger partial charge < -0.3 is 14.4 Å². The number of carbonyl (C=O) groups is 1. The van der Waals surface area contributed by atoms with Gasteiger partial charge in [-0.15, -0.1) is 0 Å². The van der Waals surface area contributed by atoms with Crippen LogP contribution in [0.5, 0.6) is 11.5 Å². The number of carbonyl (C=O) groups excluding carboxylic acids is 1. The number of halogens is 1. The molecule has 1 fully saturated rings. The normalized spacial score (nSPS) is 14.4.